The van der Waals surface area contributed by atoms with Crippen LogP contribution in [0, 0.1) is 0 Å². The Kier molecular flexibility index (Phi) is 5.31. The minimum absolute atomic E-state index is 0.243. The molecule has 0 saturated carbocycles. The van der Waals surface area contributed by atoms with Gasteiger partial charge in [0, 0.05) is 11.9 Å². The molecule has 3 aromatic rings. The molecule has 0 aliphatic heterocycles. The first kappa shape index (κ1) is 17.7. The van der Waals surface area contributed by atoms with Gasteiger partial charge in [-0.2, -0.15) is 0 Å². The lowest BCUT2D eigenvalue weighted by atomic mass is 10.2. The zero-order valence-corrected chi connectivity index (χ0v) is 15.0. The lowest BCUT2D eigenvalue weighted by molar-refractivity contribution is 0.236. The maximum Gasteiger partial charge on any atom is 0.315 e. The number of ether oxygens (including phenoxy) is 2. The molecule has 0 unspecified atom stereocenters. The molecule has 0 saturated heterocycles. The number of methoxy groups -OCH3 is 2. The fourth-order valence-corrected chi connectivity index (χ4v) is 2.71. The molecule has 2 aromatic carbocycles. The molecule has 0 bridgehead atoms. The number of carbonyl (C=O) groups is 1. The predicted octanol–water partition coefficient (Wildman–Crippen LogP) is 4.01. The van der Waals surface area contributed by atoms with E-state index in [1.807, 2.05) is 55.5 Å². The Bertz CT molecular complexity index is 871. The van der Waals surface area contributed by atoms with Crippen molar-refractivity contribution in [1.82, 2.24) is 10.6 Å². The molecule has 0 spiro atoms. The number of hydrogen-bond donors (Lipinski definition) is 2. The quantitative estimate of drug-likeness (QED) is 0.701. The molecule has 2 amide bonds. The number of furan rings is 1. The number of rotatable bonds is 6. The fraction of sp³-hybridized carbons (Fsp3) is 0.250. The molecule has 136 valence electrons. The standard InChI is InChI=1S/C20H22N2O4/c1-13(18-11-15-6-4-5-7-16(15)26-18)22-20(23)21-12-14-8-9-17(24-2)19(10-14)25-3/h4-11,13H,12H2,1-3H3,(H2,21,22,23)/t13-/m0/s1. The van der Waals surface area contributed by atoms with Gasteiger partial charge in [0.25, 0.3) is 0 Å². The second-order valence-corrected chi connectivity index (χ2v) is 5.92. The molecule has 0 fully saturated rings. The summed E-state index contributed by atoms with van der Waals surface area (Å²) in [5, 5.41) is 6.73. The molecule has 6 heteroatoms. The fourth-order valence-electron chi connectivity index (χ4n) is 2.71. The molecule has 1 aromatic heterocycles. The van der Waals surface area contributed by atoms with Crippen LogP contribution in [0.25, 0.3) is 11.0 Å². The summed E-state index contributed by atoms with van der Waals surface area (Å²) in [6, 6.07) is 14.7. The van der Waals surface area contributed by atoms with Crippen LogP contribution < -0.4 is 20.1 Å². The van der Waals surface area contributed by atoms with Crippen molar-refractivity contribution in [1.29, 1.82) is 0 Å². The molecule has 0 radical (unpaired) electrons. The van der Waals surface area contributed by atoms with Gasteiger partial charge >= 0.3 is 6.03 Å². The zero-order chi connectivity index (χ0) is 18.5. The first-order chi connectivity index (χ1) is 12.6. The van der Waals surface area contributed by atoms with Crippen molar-refractivity contribution in [3.63, 3.8) is 0 Å². The topological polar surface area (TPSA) is 72.7 Å². The normalized spacial score (nSPS) is 11.8. The van der Waals surface area contributed by atoms with Crippen LogP contribution in [0.15, 0.2) is 52.9 Å². The number of hydrogen-bond acceptors (Lipinski definition) is 4. The van der Waals surface area contributed by atoms with Crippen LogP contribution in [0.4, 0.5) is 4.79 Å². The molecule has 3 rings (SSSR count). The third-order valence-electron chi connectivity index (χ3n) is 4.12. The number of benzene rings is 2. The maximum atomic E-state index is 12.2. The Morgan fingerprint density at radius 1 is 1.08 bits per heavy atom. The van der Waals surface area contributed by atoms with Crippen LogP contribution in [-0.2, 0) is 6.54 Å². The first-order valence-corrected chi connectivity index (χ1v) is 8.34. The molecule has 2 N–H and O–H groups in total. The maximum absolute atomic E-state index is 12.2. The van der Waals surface area contributed by atoms with Gasteiger partial charge in [0.2, 0.25) is 0 Å². The number of fused-ring (bicyclic) bond motifs is 1. The smallest absolute Gasteiger partial charge is 0.315 e. The van der Waals surface area contributed by atoms with E-state index < -0.39 is 0 Å². The lowest BCUT2D eigenvalue weighted by Crippen LogP contribution is -2.36. The Balaban J connectivity index is 1.58. The van der Waals surface area contributed by atoms with E-state index >= 15 is 0 Å². The van der Waals surface area contributed by atoms with Crippen LogP contribution in [0.2, 0.25) is 0 Å². The van der Waals surface area contributed by atoms with Crippen molar-refractivity contribution < 1.29 is 18.7 Å². The van der Waals surface area contributed by atoms with Crippen molar-refractivity contribution in [3.8, 4) is 11.5 Å². The Labute approximate surface area is 152 Å². The highest BCUT2D eigenvalue weighted by Gasteiger charge is 2.14. The van der Waals surface area contributed by atoms with Crippen LogP contribution in [0.3, 0.4) is 0 Å². The minimum atomic E-state index is -0.271. The average Bonchev–Trinajstić information content (AvgIpc) is 3.10. The third kappa shape index (κ3) is 3.91. The van der Waals surface area contributed by atoms with E-state index in [9.17, 15) is 4.79 Å². The molecular formula is C20H22N2O4. The summed E-state index contributed by atoms with van der Waals surface area (Å²) in [5.74, 6) is 1.99. The summed E-state index contributed by atoms with van der Waals surface area (Å²) in [5.41, 5.74) is 1.72. The molecule has 1 heterocycles. The third-order valence-corrected chi connectivity index (χ3v) is 4.12. The van der Waals surface area contributed by atoms with Gasteiger partial charge < -0.3 is 24.5 Å². The van der Waals surface area contributed by atoms with Crippen molar-refractivity contribution in [3.05, 3.63) is 59.9 Å². The SMILES string of the molecule is COc1ccc(CNC(=O)N[C@@H](C)c2cc3ccccc3o2)cc1OC. The summed E-state index contributed by atoms with van der Waals surface area (Å²) >= 11 is 0. The average molecular weight is 354 g/mol. The Hall–Kier alpha value is -3.15. The molecule has 0 aliphatic carbocycles. The summed E-state index contributed by atoms with van der Waals surface area (Å²) in [4.78, 5) is 12.2. The predicted molar refractivity (Wildman–Crippen MR) is 99.5 cm³/mol. The number of nitrogens with one attached hydrogen (secondary N) is 2. The lowest BCUT2D eigenvalue weighted by Gasteiger charge is -2.13. The summed E-state index contributed by atoms with van der Waals surface area (Å²) in [6.07, 6.45) is 0. The highest BCUT2D eigenvalue weighted by molar-refractivity contribution is 5.78. The highest BCUT2D eigenvalue weighted by Crippen LogP contribution is 2.27. The van der Waals surface area contributed by atoms with Crippen molar-refractivity contribution in [2.45, 2.75) is 19.5 Å². The second kappa shape index (κ2) is 7.82. The summed E-state index contributed by atoms with van der Waals surface area (Å²) < 4.78 is 16.3. The summed E-state index contributed by atoms with van der Waals surface area (Å²) in [6.45, 7) is 2.26. The van der Waals surface area contributed by atoms with Crippen molar-refractivity contribution in [2.75, 3.05) is 14.2 Å². The van der Waals surface area contributed by atoms with Gasteiger partial charge in [0.05, 0.1) is 20.3 Å². The van der Waals surface area contributed by atoms with Crippen LogP contribution in [0.1, 0.15) is 24.3 Å². The molecular weight excluding hydrogens is 332 g/mol. The van der Waals surface area contributed by atoms with E-state index in [0.717, 1.165) is 16.5 Å². The Morgan fingerprint density at radius 3 is 2.58 bits per heavy atom. The summed E-state index contributed by atoms with van der Waals surface area (Å²) in [7, 11) is 3.17. The van der Waals surface area contributed by atoms with Gasteiger partial charge in [-0.1, -0.05) is 24.3 Å². The van der Waals surface area contributed by atoms with Crippen LogP contribution in [0.5, 0.6) is 11.5 Å². The molecule has 26 heavy (non-hydrogen) atoms. The van der Waals surface area contributed by atoms with Gasteiger partial charge in [0.1, 0.15) is 11.3 Å². The minimum Gasteiger partial charge on any atom is -0.493 e. The van der Waals surface area contributed by atoms with Gasteiger partial charge in [-0.25, -0.2) is 4.79 Å². The van der Waals surface area contributed by atoms with E-state index in [1.165, 1.54) is 0 Å². The van der Waals surface area contributed by atoms with E-state index in [-0.39, 0.29) is 12.1 Å². The van der Waals surface area contributed by atoms with Crippen LogP contribution in [-0.4, -0.2) is 20.3 Å². The monoisotopic (exact) mass is 354 g/mol. The zero-order valence-electron chi connectivity index (χ0n) is 15.0. The number of para-hydroxylation sites is 1. The number of amides is 2. The van der Waals surface area contributed by atoms with E-state index in [0.29, 0.717) is 23.8 Å². The first-order valence-electron chi connectivity index (χ1n) is 8.34. The van der Waals surface area contributed by atoms with E-state index in [1.54, 1.807) is 14.2 Å². The van der Waals surface area contributed by atoms with Gasteiger partial charge in [-0.3, -0.25) is 0 Å². The van der Waals surface area contributed by atoms with Gasteiger partial charge in [-0.15, -0.1) is 0 Å². The molecule has 0 aliphatic rings. The van der Waals surface area contributed by atoms with E-state index in [2.05, 4.69) is 10.6 Å². The second-order valence-electron chi connectivity index (χ2n) is 5.92. The Morgan fingerprint density at radius 2 is 1.85 bits per heavy atom. The van der Waals surface area contributed by atoms with Crippen molar-refractivity contribution >= 4 is 17.0 Å². The number of carbonyl (C=O) groups excluding carboxylic acids is 1. The van der Waals surface area contributed by atoms with Crippen LogP contribution >= 0.6 is 0 Å². The highest BCUT2D eigenvalue weighted by atomic mass is 16.5. The van der Waals surface area contributed by atoms with E-state index in [4.69, 9.17) is 13.9 Å². The largest absolute Gasteiger partial charge is 0.493 e. The van der Waals surface area contributed by atoms with Crippen molar-refractivity contribution in [2.24, 2.45) is 0 Å². The number of urea groups is 1. The van der Waals surface area contributed by atoms with Gasteiger partial charge in [0.15, 0.2) is 11.5 Å². The molecule has 6 nitrogen and oxygen atoms in total. The van der Waals surface area contributed by atoms with Gasteiger partial charge in [-0.05, 0) is 36.8 Å². The molecule has 1 atom stereocenters.